The molecule has 1 aliphatic heterocycles. The van der Waals surface area contributed by atoms with E-state index in [1.807, 2.05) is 0 Å². The van der Waals surface area contributed by atoms with Gasteiger partial charge in [-0.15, -0.1) is 0 Å². The highest BCUT2D eigenvalue weighted by atomic mass is 33.1. The zero-order valence-corrected chi connectivity index (χ0v) is 15.0. The van der Waals surface area contributed by atoms with Crippen LogP contribution in [-0.4, -0.2) is 47.7 Å². The average molecular weight is 350 g/mol. The van der Waals surface area contributed by atoms with Crippen LogP contribution in [0.2, 0.25) is 0 Å². The summed E-state index contributed by atoms with van der Waals surface area (Å²) in [6.45, 7) is 5.72. The summed E-state index contributed by atoms with van der Waals surface area (Å²) >= 11 is 0. The summed E-state index contributed by atoms with van der Waals surface area (Å²) in [5.41, 5.74) is 0. The Labute approximate surface area is 140 Å². The zero-order chi connectivity index (χ0) is 16.4. The molecule has 1 amide bonds. The molecule has 0 aromatic rings. The Morgan fingerprint density at radius 1 is 1.32 bits per heavy atom. The van der Waals surface area contributed by atoms with Crippen LogP contribution in [0.3, 0.4) is 0 Å². The van der Waals surface area contributed by atoms with E-state index >= 15 is 0 Å². The van der Waals surface area contributed by atoms with E-state index in [4.69, 9.17) is 9.84 Å². The van der Waals surface area contributed by atoms with Crippen molar-refractivity contribution in [2.45, 2.75) is 45.6 Å². The quantitative estimate of drug-likeness (QED) is 0.467. The Morgan fingerprint density at radius 2 is 2.05 bits per heavy atom. The Morgan fingerprint density at radius 3 is 2.73 bits per heavy atom. The van der Waals surface area contributed by atoms with Gasteiger partial charge in [0, 0.05) is 31.1 Å². The predicted octanol–water partition coefficient (Wildman–Crippen LogP) is 2.80. The third-order valence-corrected chi connectivity index (χ3v) is 6.04. The molecule has 0 aromatic heterocycles. The van der Waals surface area contributed by atoms with Gasteiger partial charge in [-0.05, 0) is 24.7 Å². The van der Waals surface area contributed by atoms with Crippen LogP contribution in [0.5, 0.6) is 0 Å². The summed E-state index contributed by atoms with van der Waals surface area (Å²) in [5.74, 6) is 1.69. The maximum absolute atomic E-state index is 11.9. The van der Waals surface area contributed by atoms with Crippen LogP contribution in [0.25, 0.3) is 0 Å². The van der Waals surface area contributed by atoms with Crippen molar-refractivity contribution in [3.8, 4) is 0 Å². The maximum atomic E-state index is 11.9. The smallest absolute Gasteiger partial charge is 0.304 e. The van der Waals surface area contributed by atoms with Crippen LogP contribution in [-0.2, 0) is 14.3 Å². The van der Waals surface area contributed by atoms with E-state index in [9.17, 15) is 9.59 Å². The van der Waals surface area contributed by atoms with Gasteiger partial charge in [0.15, 0.2) is 0 Å². The van der Waals surface area contributed by atoms with Gasteiger partial charge < -0.3 is 15.2 Å². The monoisotopic (exact) mass is 349 g/mol. The van der Waals surface area contributed by atoms with Gasteiger partial charge in [0.25, 0.3) is 0 Å². The number of ether oxygens (including phenoxy) is 1. The molecular formula is C15H27NO4S2. The third-order valence-electron chi connectivity index (χ3n) is 3.63. The van der Waals surface area contributed by atoms with Gasteiger partial charge in [0.05, 0.1) is 12.5 Å². The summed E-state index contributed by atoms with van der Waals surface area (Å²) in [6.07, 6.45) is 3.00. The Bertz CT molecular complexity index is 352. The highest BCUT2D eigenvalue weighted by Gasteiger charge is 2.26. The Kier molecular flexibility index (Phi) is 9.99. The van der Waals surface area contributed by atoms with E-state index in [0.717, 1.165) is 25.2 Å². The second-order valence-electron chi connectivity index (χ2n) is 5.89. The molecule has 0 aromatic carbocycles. The fraction of sp³-hybridized carbons (Fsp3) is 0.867. The average Bonchev–Trinajstić information content (AvgIpc) is 2.46. The minimum atomic E-state index is -0.766. The molecule has 0 aliphatic carbocycles. The number of hydrogen-bond donors (Lipinski definition) is 2. The minimum Gasteiger partial charge on any atom is -0.481 e. The Balaban J connectivity index is 2.04. The number of carboxylic acids is 1. The van der Waals surface area contributed by atoms with Gasteiger partial charge in [0.1, 0.15) is 0 Å². The summed E-state index contributed by atoms with van der Waals surface area (Å²) in [7, 11) is 3.15. The molecule has 7 heteroatoms. The summed E-state index contributed by atoms with van der Waals surface area (Å²) in [6, 6.07) is 0. The molecule has 1 rings (SSSR count). The SMILES string of the molecule is CC(C)C1CC(CC(=O)NCCSSCCC(=O)O)CCO1. The first-order chi connectivity index (χ1) is 10.5. The normalized spacial score (nSPS) is 21.8. The van der Waals surface area contributed by atoms with E-state index in [2.05, 4.69) is 19.2 Å². The molecular weight excluding hydrogens is 322 g/mol. The number of carbonyl (C=O) groups is 2. The lowest BCUT2D eigenvalue weighted by Gasteiger charge is -2.31. The molecule has 2 atom stereocenters. The lowest BCUT2D eigenvalue weighted by Crippen LogP contribution is -2.34. The van der Waals surface area contributed by atoms with Crippen LogP contribution in [0, 0.1) is 11.8 Å². The highest BCUT2D eigenvalue weighted by molar-refractivity contribution is 8.76. The van der Waals surface area contributed by atoms with Gasteiger partial charge in [0.2, 0.25) is 5.91 Å². The van der Waals surface area contributed by atoms with E-state index in [-0.39, 0.29) is 18.4 Å². The number of rotatable bonds is 10. The second-order valence-corrected chi connectivity index (χ2v) is 8.59. The zero-order valence-electron chi connectivity index (χ0n) is 13.4. The van der Waals surface area contributed by atoms with Crippen molar-refractivity contribution in [1.82, 2.24) is 5.32 Å². The number of amides is 1. The van der Waals surface area contributed by atoms with E-state index in [1.165, 1.54) is 0 Å². The fourth-order valence-corrected chi connectivity index (χ4v) is 4.25. The van der Waals surface area contributed by atoms with E-state index in [1.54, 1.807) is 21.6 Å². The number of aliphatic carboxylic acids is 1. The molecule has 2 unspecified atom stereocenters. The largest absolute Gasteiger partial charge is 0.481 e. The van der Waals surface area contributed by atoms with Crippen molar-refractivity contribution in [2.24, 2.45) is 11.8 Å². The molecule has 1 saturated heterocycles. The molecule has 5 nitrogen and oxygen atoms in total. The molecule has 0 spiro atoms. The van der Waals surface area contributed by atoms with Gasteiger partial charge in [-0.2, -0.15) is 0 Å². The first-order valence-electron chi connectivity index (χ1n) is 7.83. The number of carboxylic acid groups (broad SMARTS) is 1. The van der Waals surface area contributed by atoms with Crippen molar-refractivity contribution in [1.29, 1.82) is 0 Å². The van der Waals surface area contributed by atoms with Crippen LogP contribution >= 0.6 is 21.6 Å². The van der Waals surface area contributed by atoms with E-state index in [0.29, 0.717) is 30.6 Å². The van der Waals surface area contributed by atoms with Crippen molar-refractivity contribution in [2.75, 3.05) is 24.7 Å². The first kappa shape index (κ1) is 19.6. The van der Waals surface area contributed by atoms with Crippen LogP contribution < -0.4 is 5.32 Å². The molecule has 128 valence electrons. The molecule has 1 fully saturated rings. The van der Waals surface area contributed by atoms with Crippen molar-refractivity contribution < 1.29 is 19.4 Å². The molecule has 1 heterocycles. The third kappa shape index (κ3) is 8.90. The van der Waals surface area contributed by atoms with Crippen LogP contribution in [0.4, 0.5) is 0 Å². The lowest BCUT2D eigenvalue weighted by molar-refractivity contribution is -0.136. The summed E-state index contributed by atoms with van der Waals surface area (Å²) < 4.78 is 5.72. The molecule has 0 radical (unpaired) electrons. The van der Waals surface area contributed by atoms with Gasteiger partial charge in [-0.25, -0.2) is 0 Å². The highest BCUT2D eigenvalue weighted by Crippen LogP contribution is 2.27. The van der Waals surface area contributed by atoms with Gasteiger partial charge in [-0.1, -0.05) is 35.4 Å². The molecule has 0 bridgehead atoms. The molecule has 1 aliphatic rings. The number of nitrogens with one attached hydrogen (secondary N) is 1. The number of hydrogen-bond acceptors (Lipinski definition) is 5. The van der Waals surface area contributed by atoms with Gasteiger partial charge >= 0.3 is 5.97 Å². The molecule has 0 saturated carbocycles. The van der Waals surface area contributed by atoms with Crippen molar-refractivity contribution in [3.63, 3.8) is 0 Å². The van der Waals surface area contributed by atoms with Crippen molar-refractivity contribution in [3.05, 3.63) is 0 Å². The van der Waals surface area contributed by atoms with Crippen LogP contribution in [0.15, 0.2) is 0 Å². The first-order valence-corrected chi connectivity index (χ1v) is 10.3. The van der Waals surface area contributed by atoms with E-state index < -0.39 is 5.97 Å². The van der Waals surface area contributed by atoms with Gasteiger partial charge in [-0.3, -0.25) is 9.59 Å². The lowest BCUT2D eigenvalue weighted by atomic mass is 9.88. The predicted molar refractivity (Wildman–Crippen MR) is 92.1 cm³/mol. The minimum absolute atomic E-state index is 0.116. The molecule has 2 N–H and O–H groups in total. The summed E-state index contributed by atoms with van der Waals surface area (Å²) in [5, 5.41) is 11.5. The fourth-order valence-electron chi connectivity index (χ4n) is 2.36. The number of carbonyl (C=O) groups excluding carboxylic acids is 1. The second kappa shape index (κ2) is 11.2. The topological polar surface area (TPSA) is 75.6 Å². The Hall–Kier alpha value is -0.400. The van der Waals surface area contributed by atoms with Crippen molar-refractivity contribution >= 4 is 33.5 Å². The standard InChI is InChI=1S/C15H27NO4S2/c1-11(2)13-9-12(3-6-20-13)10-14(17)16-5-8-22-21-7-4-15(18)19/h11-13H,3-10H2,1-2H3,(H,16,17)(H,18,19). The van der Waals surface area contributed by atoms with Crippen LogP contribution in [0.1, 0.15) is 39.5 Å². The maximum Gasteiger partial charge on any atom is 0.304 e. The molecule has 22 heavy (non-hydrogen) atoms. The summed E-state index contributed by atoms with van der Waals surface area (Å²) in [4.78, 5) is 22.3.